The molecule has 0 aromatic carbocycles. The molecule has 0 amide bonds. The van der Waals surface area contributed by atoms with Crippen molar-refractivity contribution in [2.24, 2.45) is 23.2 Å². The lowest BCUT2D eigenvalue weighted by Gasteiger charge is -2.41. The van der Waals surface area contributed by atoms with E-state index < -0.39 is 0 Å². The van der Waals surface area contributed by atoms with E-state index in [0.29, 0.717) is 5.41 Å². The van der Waals surface area contributed by atoms with Gasteiger partial charge in [0.05, 0.1) is 0 Å². The summed E-state index contributed by atoms with van der Waals surface area (Å²) in [6.45, 7) is 12.0. The first-order chi connectivity index (χ1) is 5.43. The normalized spacial score (nSPS) is 35.5. The molecule has 1 aliphatic carbocycles. The maximum Gasteiger partial charge on any atom is -0.0328 e. The standard InChI is InChI=1S/C12H24/c1-9(2)11-6-7-12(4,5)10(3)8-11/h9-11H,6-8H2,1-5H3. The third-order valence-electron chi connectivity index (χ3n) is 4.09. The molecule has 12 heavy (non-hydrogen) atoms. The van der Waals surface area contributed by atoms with E-state index in [1.54, 1.807) is 0 Å². The van der Waals surface area contributed by atoms with Crippen LogP contribution in [0, 0.1) is 23.2 Å². The first-order valence-corrected chi connectivity index (χ1v) is 5.43. The maximum absolute atomic E-state index is 2.43. The summed E-state index contributed by atoms with van der Waals surface area (Å²) in [5.41, 5.74) is 0.603. The van der Waals surface area contributed by atoms with Gasteiger partial charge in [-0.3, -0.25) is 0 Å². The van der Waals surface area contributed by atoms with Crippen LogP contribution < -0.4 is 0 Å². The van der Waals surface area contributed by atoms with Gasteiger partial charge in [-0.05, 0) is 42.4 Å². The molecule has 0 radical (unpaired) electrons. The van der Waals surface area contributed by atoms with Gasteiger partial charge < -0.3 is 0 Å². The first-order valence-electron chi connectivity index (χ1n) is 5.43. The lowest BCUT2D eigenvalue weighted by atomic mass is 9.64. The Bertz CT molecular complexity index is 144. The van der Waals surface area contributed by atoms with Gasteiger partial charge in [0.15, 0.2) is 0 Å². The molecule has 0 aromatic rings. The molecule has 2 atom stereocenters. The van der Waals surface area contributed by atoms with Crippen LogP contribution in [-0.4, -0.2) is 0 Å². The highest BCUT2D eigenvalue weighted by Crippen LogP contribution is 2.44. The Morgan fingerprint density at radius 2 is 1.83 bits per heavy atom. The Hall–Kier alpha value is 0. The van der Waals surface area contributed by atoms with Crippen molar-refractivity contribution in [2.75, 3.05) is 0 Å². The quantitative estimate of drug-likeness (QED) is 0.553. The lowest BCUT2D eigenvalue weighted by Crippen LogP contribution is -2.31. The fourth-order valence-electron chi connectivity index (χ4n) is 2.30. The highest BCUT2D eigenvalue weighted by Gasteiger charge is 2.34. The van der Waals surface area contributed by atoms with Gasteiger partial charge in [0.2, 0.25) is 0 Å². The molecule has 0 N–H and O–H groups in total. The summed E-state index contributed by atoms with van der Waals surface area (Å²) >= 11 is 0. The molecule has 1 saturated carbocycles. The molecule has 1 aliphatic rings. The van der Waals surface area contributed by atoms with Crippen molar-refractivity contribution in [1.29, 1.82) is 0 Å². The smallest absolute Gasteiger partial charge is 0.0328 e. The molecule has 1 rings (SSSR count). The Labute approximate surface area is 77.7 Å². The van der Waals surface area contributed by atoms with E-state index in [4.69, 9.17) is 0 Å². The van der Waals surface area contributed by atoms with Crippen LogP contribution >= 0.6 is 0 Å². The van der Waals surface area contributed by atoms with E-state index in [9.17, 15) is 0 Å². The summed E-state index contributed by atoms with van der Waals surface area (Å²) in [7, 11) is 0. The predicted octanol–water partition coefficient (Wildman–Crippen LogP) is 4.10. The molecule has 0 aliphatic heterocycles. The van der Waals surface area contributed by atoms with E-state index in [2.05, 4.69) is 34.6 Å². The van der Waals surface area contributed by atoms with Crippen molar-refractivity contribution in [3.63, 3.8) is 0 Å². The number of rotatable bonds is 1. The minimum absolute atomic E-state index is 0.603. The fourth-order valence-corrected chi connectivity index (χ4v) is 2.30. The van der Waals surface area contributed by atoms with Crippen molar-refractivity contribution >= 4 is 0 Å². The molecule has 0 spiro atoms. The Morgan fingerprint density at radius 1 is 1.25 bits per heavy atom. The van der Waals surface area contributed by atoms with Crippen LogP contribution in [0.15, 0.2) is 0 Å². The molecule has 0 bridgehead atoms. The SMILES string of the molecule is CC(C)C1CCC(C)(C)C(C)C1. The van der Waals surface area contributed by atoms with Crippen molar-refractivity contribution < 1.29 is 0 Å². The largest absolute Gasteiger partial charge is 0.0625 e. The van der Waals surface area contributed by atoms with E-state index in [1.807, 2.05) is 0 Å². The second-order valence-electron chi connectivity index (χ2n) is 5.67. The molecular formula is C12H24. The van der Waals surface area contributed by atoms with Crippen LogP contribution in [0.25, 0.3) is 0 Å². The monoisotopic (exact) mass is 168 g/mol. The van der Waals surface area contributed by atoms with Gasteiger partial charge >= 0.3 is 0 Å². The number of hydrogen-bond donors (Lipinski definition) is 0. The third-order valence-corrected chi connectivity index (χ3v) is 4.09. The summed E-state index contributed by atoms with van der Waals surface area (Å²) in [4.78, 5) is 0. The zero-order valence-electron chi connectivity index (χ0n) is 9.35. The third kappa shape index (κ3) is 2.02. The second kappa shape index (κ2) is 3.40. The molecule has 1 fully saturated rings. The average molecular weight is 168 g/mol. The molecule has 0 nitrogen and oxygen atoms in total. The molecular weight excluding hydrogens is 144 g/mol. The lowest BCUT2D eigenvalue weighted by molar-refractivity contribution is 0.0913. The molecule has 0 heterocycles. The Kier molecular flexibility index (Phi) is 2.85. The van der Waals surface area contributed by atoms with Crippen LogP contribution in [0.1, 0.15) is 53.9 Å². The predicted molar refractivity (Wildman–Crippen MR) is 55.1 cm³/mol. The van der Waals surface area contributed by atoms with Crippen LogP contribution in [0.4, 0.5) is 0 Å². The van der Waals surface area contributed by atoms with E-state index in [-0.39, 0.29) is 0 Å². The van der Waals surface area contributed by atoms with Crippen LogP contribution in [0.2, 0.25) is 0 Å². The summed E-state index contributed by atoms with van der Waals surface area (Å²) < 4.78 is 0. The summed E-state index contributed by atoms with van der Waals surface area (Å²) in [5.74, 6) is 2.80. The van der Waals surface area contributed by atoms with Gasteiger partial charge in [-0.15, -0.1) is 0 Å². The van der Waals surface area contributed by atoms with Gasteiger partial charge in [-0.1, -0.05) is 34.6 Å². The van der Waals surface area contributed by atoms with Gasteiger partial charge in [-0.25, -0.2) is 0 Å². The minimum atomic E-state index is 0.603. The van der Waals surface area contributed by atoms with Crippen molar-refractivity contribution in [2.45, 2.75) is 53.9 Å². The summed E-state index contributed by atoms with van der Waals surface area (Å²) in [6, 6.07) is 0. The van der Waals surface area contributed by atoms with Gasteiger partial charge in [-0.2, -0.15) is 0 Å². The molecule has 0 aromatic heterocycles. The number of hydrogen-bond acceptors (Lipinski definition) is 0. The highest BCUT2D eigenvalue weighted by atomic mass is 14.4. The molecule has 2 unspecified atom stereocenters. The zero-order chi connectivity index (χ0) is 9.35. The second-order valence-corrected chi connectivity index (χ2v) is 5.67. The summed E-state index contributed by atoms with van der Waals surface area (Å²) in [6.07, 6.45) is 4.33. The summed E-state index contributed by atoms with van der Waals surface area (Å²) in [5, 5.41) is 0. The van der Waals surface area contributed by atoms with Gasteiger partial charge in [0.1, 0.15) is 0 Å². The average Bonchev–Trinajstić information content (AvgIpc) is 1.94. The maximum atomic E-state index is 2.43. The molecule has 72 valence electrons. The van der Waals surface area contributed by atoms with E-state index in [1.165, 1.54) is 19.3 Å². The van der Waals surface area contributed by atoms with E-state index >= 15 is 0 Å². The van der Waals surface area contributed by atoms with Crippen LogP contribution in [0.3, 0.4) is 0 Å². The van der Waals surface area contributed by atoms with Crippen molar-refractivity contribution in [3.05, 3.63) is 0 Å². The highest BCUT2D eigenvalue weighted by molar-refractivity contribution is 4.84. The minimum Gasteiger partial charge on any atom is -0.0625 e. The molecule has 0 heteroatoms. The van der Waals surface area contributed by atoms with E-state index in [0.717, 1.165) is 17.8 Å². The fraction of sp³-hybridized carbons (Fsp3) is 1.00. The van der Waals surface area contributed by atoms with Crippen LogP contribution in [-0.2, 0) is 0 Å². The van der Waals surface area contributed by atoms with Crippen LogP contribution in [0.5, 0.6) is 0 Å². The van der Waals surface area contributed by atoms with Gasteiger partial charge in [0, 0.05) is 0 Å². The Morgan fingerprint density at radius 3 is 2.25 bits per heavy atom. The Balaban J connectivity index is 2.52. The molecule has 0 saturated heterocycles. The first kappa shape index (κ1) is 10.1. The van der Waals surface area contributed by atoms with Gasteiger partial charge in [0.25, 0.3) is 0 Å². The van der Waals surface area contributed by atoms with Crippen molar-refractivity contribution in [1.82, 2.24) is 0 Å². The topological polar surface area (TPSA) is 0 Å². The zero-order valence-corrected chi connectivity index (χ0v) is 9.35. The van der Waals surface area contributed by atoms with Crippen molar-refractivity contribution in [3.8, 4) is 0 Å².